The summed E-state index contributed by atoms with van der Waals surface area (Å²) in [7, 11) is 0. The van der Waals surface area contributed by atoms with E-state index in [0.29, 0.717) is 55.3 Å². The predicted octanol–water partition coefficient (Wildman–Crippen LogP) is 16.6. The Morgan fingerprint density at radius 1 is 0.303 bits per heavy atom. The quantitative estimate of drug-likeness (QED) is 0.157. The Labute approximate surface area is 433 Å². The van der Waals surface area contributed by atoms with E-state index < -0.39 is 11.7 Å². The maximum atomic E-state index is 16.1. The zero-order valence-corrected chi connectivity index (χ0v) is 39.9. The molecule has 2 heterocycles. The van der Waals surface area contributed by atoms with E-state index >= 15 is 13.2 Å². The number of nitriles is 5. The van der Waals surface area contributed by atoms with Gasteiger partial charge < -0.3 is 9.13 Å². The van der Waals surface area contributed by atoms with E-state index in [4.69, 9.17) is 0 Å². The highest BCUT2D eigenvalue weighted by Gasteiger charge is 2.37. The van der Waals surface area contributed by atoms with Crippen LogP contribution >= 0.6 is 0 Å². The molecule has 0 saturated heterocycles. The summed E-state index contributed by atoms with van der Waals surface area (Å²) in [6.07, 6.45) is -4.84. The summed E-state index contributed by atoms with van der Waals surface area (Å²) in [6, 6.07) is 72.6. The Morgan fingerprint density at radius 2 is 0.618 bits per heavy atom. The van der Waals surface area contributed by atoms with Crippen LogP contribution in [0.3, 0.4) is 0 Å². The first-order valence-corrected chi connectivity index (χ1v) is 24.0. The smallest absolute Gasteiger partial charge is 0.309 e. The fraction of sp³-hybridized carbons (Fsp3) is 0.0152. The van der Waals surface area contributed by atoms with Gasteiger partial charge in [-0.2, -0.15) is 39.5 Å². The molecule has 0 unspecified atom stereocenters. The monoisotopic (exact) mass is 981 g/mol. The number of hydrogen-bond acceptors (Lipinski definition) is 5. The summed E-state index contributed by atoms with van der Waals surface area (Å²) < 4.78 is 51.9. The lowest BCUT2D eigenvalue weighted by Crippen LogP contribution is -2.12. The first-order chi connectivity index (χ1) is 37.0. The number of nitrogens with zero attached hydrogens (tertiary/aromatic N) is 7. The van der Waals surface area contributed by atoms with E-state index in [1.165, 1.54) is 6.07 Å². The first-order valence-electron chi connectivity index (χ1n) is 24.0. The average molecular weight is 982 g/mol. The topological polar surface area (TPSA) is 129 Å². The Bertz CT molecular complexity index is 4360. The van der Waals surface area contributed by atoms with Crippen LogP contribution in [0.1, 0.15) is 33.4 Å². The SMILES string of the molecule is N#Cc1ccc(-c2ccc3c(c2)c2cc(-c4ccc(C#N)cc4)ccc2n3-c2ccc(C#N)cc2-c2cccc(C(F)(F)F)c2-n2c3ccc(-c4ccc(C#N)cc4)cc3c3cc(-c4ccc(C#N)cc4)ccc32)cc1. The van der Waals surface area contributed by atoms with Gasteiger partial charge in [-0.05, 0) is 166 Å². The van der Waals surface area contributed by atoms with Crippen molar-refractivity contribution in [2.24, 2.45) is 0 Å². The number of alkyl halides is 3. The maximum absolute atomic E-state index is 16.1. The molecule has 0 aliphatic carbocycles. The van der Waals surface area contributed by atoms with E-state index in [-0.39, 0.29) is 16.8 Å². The van der Waals surface area contributed by atoms with Crippen molar-refractivity contribution in [3.05, 3.63) is 240 Å². The molecule has 0 bridgehead atoms. The fourth-order valence-electron chi connectivity index (χ4n) is 10.5. The lowest BCUT2D eigenvalue weighted by Gasteiger charge is -2.22. The number of benzene rings is 10. The normalized spacial score (nSPS) is 11.3. The van der Waals surface area contributed by atoms with Crippen molar-refractivity contribution in [2.45, 2.75) is 6.18 Å². The predicted molar refractivity (Wildman–Crippen MR) is 291 cm³/mol. The summed E-state index contributed by atoms with van der Waals surface area (Å²) >= 11 is 0. The second kappa shape index (κ2) is 18.3. The molecule has 0 aliphatic heterocycles. The van der Waals surface area contributed by atoms with Gasteiger partial charge in [0.15, 0.2) is 0 Å². The van der Waals surface area contributed by atoms with Gasteiger partial charge in [-0.15, -0.1) is 0 Å². The van der Waals surface area contributed by atoms with Gasteiger partial charge >= 0.3 is 6.18 Å². The molecule has 0 radical (unpaired) electrons. The Balaban J connectivity index is 1.14. The standard InChI is InChI=1S/C66H34F3N7/c67-66(68,69)59-3-1-2-53(65(59)76-63-28-23-51(47-17-8-42(37-72)9-18-47)33-57(63)58-34-52(24-29-64(58)76)48-19-10-43(38-73)11-20-48)54-30-44(39-74)12-25-60(54)75-61-26-21-49(45-13-4-40(35-70)5-14-45)31-55(61)56-32-50(22-27-62(56)75)46-15-6-41(36-71)7-16-46/h1-34H. The maximum Gasteiger partial charge on any atom is 0.418 e. The van der Waals surface area contributed by atoms with Crippen LogP contribution in [0.2, 0.25) is 0 Å². The van der Waals surface area contributed by atoms with Crippen molar-refractivity contribution in [2.75, 3.05) is 0 Å². The van der Waals surface area contributed by atoms with Crippen LogP contribution in [0, 0.1) is 56.7 Å². The van der Waals surface area contributed by atoms with Crippen LogP contribution in [0.25, 0.3) is 111 Å². The number of halogens is 3. The lowest BCUT2D eigenvalue weighted by atomic mass is 9.95. The van der Waals surface area contributed by atoms with Crippen LogP contribution in [0.4, 0.5) is 13.2 Å². The molecule has 10 aromatic carbocycles. The largest absolute Gasteiger partial charge is 0.418 e. The van der Waals surface area contributed by atoms with Crippen LogP contribution in [-0.2, 0) is 6.18 Å². The summed E-state index contributed by atoms with van der Waals surface area (Å²) in [5.41, 5.74) is 11.7. The molecule has 354 valence electrons. The second-order valence-electron chi connectivity index (χ2n) is 18.4. The highest BCUT2D eigenvalue weighted by atomic mass is 19.4. The third-order valence-electron chi connectivity index (χ3n) is 14.1. The van der Waals surface area contributed by atoms with Crippen LogP contribution < -0.4 is 0 Å². The minimum Gasteiger partial charge on any atom is -0.309 e. The van der Waals surface area contributed by atoms with Crippen LogP contribution in [-0.4, -0.2) is 9.13 Å². The Kier molecular flexibility index (Phi) is 11.1. The van der Waals surface area contributed by atoms with Crippen molar-refractivity contribution >= 4 is 43.6 Å². The van der Waals surface area contributed by atoms with Crippen molar-refractivity contribution in [3.63, 3.8) is 0 Å². The van der Waals surface area contributed by atoms with Crippen molar-refractivity contribution in [1.82, 2.24) is 9.13 Å². The molecule has 0 amide bonds. The number of para-hydroxylation sites is 1. The number of aromatic nitrogens is 2. The summed E-state index contributed by atoms with van der Waals surface area (Å²) in [5, 5.41) is 51.8. The third-order valence-corrected chi connectivity index (χ3v) is 14.1. The average Bonchev–Trinajstić information content (AvgIpc) is 4.00. The third kappa shape index (κ3) is 7.83. The van der Waals surface area contributed by atoms with Crippen LogP contribution in [0.15, 0.2) is 206 Å². The highest BCUT2D eigenvalue weighted by molar-refractivity contribution is 6.14. The van der Waals surface area contributed by atoms with Gasteiger partial charge in [0, 0.05) is 32.7 Å². The van der Waals surface area contributed by atoms with Crippen LogP contribution in [0.5, 0.6) is 0 Å². The molecule has 76 heavy (non-hydrogen) atoms. The van der Waals surface area contributed by atoms with E-state index in [2.05, 4.69) is 42.5 Å². The Hall–Kier alpha value is -11.0. The van der Waals surface area contributed by atoms with Crippen molar-refractivity contribution < 1.29 is 13.2 Å². The molecular weight excluding hydrogens is 948 g/mol. The molecule has 10 heteroatoms. The highest BCUT2D eigenvalue weighted by Crippen LogP contribution is 2.47. The second-order valence-corrected chi connectivity index (χ2v) is 18.4. The van der Waals surface area contributed by atoms with E-state index in [9.17, 15) is 26.3 Å². The lowest BCUT2D eigenvalue weighted by molar-refractivity contribution is -0.137. The van der Waals surface area contributed by atoms with E-state index in [1.807, 2.05) is 114 Å². The minimum atomic E-state index is -4.84. The number of hydrogen-bond donors (Lipinski definition) is 0. The van der Waals surface area contributed by atoms with Gasteiger partial charge in [-0.1, -0.05) is 84.9 Å². The molecular formula is C66H34F3N7. The molecule has 7 nitrogen and oxygen atoms in total. The van der Waals surface area contributed by atoms with Gasteiger partial charge in [0.05, 0.1) is 97.2 Å². The minimum absolute atomic E-state index is 0.129. The first kappa shape index (κ1) is 46.1. The molecule has 0 N–H and O–H groups in total. The molecule has 12 rings (SSSR count). The molecule has 0 saturated carbocycles. The molecule has 12 aromatic rings. The molecule has 0 spiro atoms. The number of fused-ring (bicyclic) bond motifs is 6. The zero-order valence-electron chi connectivity index (χ0n) is 39.9. The fourth-order valence-corrected chi connectivity index (χ4v) is 10.5. The molecule has 0 fully saturated rings. The number of rotatable bonds is 7. The summed E-state index contributed by atoms with van der Waals surface area (Å²) in [6.45, 7) is 0. The molecule has 2 aromatic heterocycles. The Morgan fingerprint density at radius 3 is 0.947 bits per heavy atom. The zero-order chi connectivity index (χ0) is 52.2. The van der Waals surface area contributed by atoms with Gasteiger partial charge in [-0.25, -0.2) is 0 Å². The molecule has 0 aliphatic rings. The van der Waals surface area contributed by atoms with Gasteiger partial charge in [0.25, 0.3) is 0 Å². The van der Waals surface area contributed by atoms with Gasteiger partial charge in [0.1, 0.15) is 0 Å². The summed E-state index contributed by atoms with van der Waals surface area (Å²) in [4.78, 5) is 0. The van der Waals surface area contributed by atoms with E-state index in [0.717, 1.165) is 72.4 Å². The van der Waals surface area contributed by atoms with Crippen molar-refractivity contribution in [3.8, 4) is 97.4 Å². The van der Waals surface area contributed by atoms with Gasteiger partial charge in [-0.3, -0.25) is 0 Å². The molecule has 0 atom stereocenters. The summed E-state index contributed by atoms with van der Waals surface area (Å²) in [5.74, 6) is 0. The van der Waals surface area contributed by atoms with Crippen molar-refractivity contribution in [1.29, 1.82) is 26.3 Å². The van der Waals surface area contributed by atoms with Gasteiger partial charge in [0.2, 0.25) is 0 Å². The van der Waals surface area contributed by atoms with E-state index in [1.54, 1.807) is 77.4 Å².